The van der Waals surface area contributed by atoms with Gasteiger partial charge in [0.05, 0.1) is 42.4 Å². The van der Waals surface area contributed by atoms with Crippen LogP contribution in [0.5, 0.6) is 0 Å². The van der Waals surface area contributed by atoms with Crippen LogP contribution < -0.4 is 5.19 Å². The first kappa shape index (κ1) is 43.3. The molecule has 1 radical (unpaired) electrons. The summed E-state index contributed by atoms with van der Waals surface area (Å²) in [5, 5.41) is 3.39. The third-order valence-electron chi connectivity index (χ3n) is 11.5. The van der Waals surface area contributed by atoms with Crippen LogP contribution in [0, 0.1) is 26.0 Å². The number of hydrogen-bond acceptors (Lipinski definition) is 5. The van der Waals surface area contributed by atoms with Crippen molar-refractivity contribution in [1.82, 2.24) is 24.5 Å². The van der Waals surface area contributed by atoms with Crippen LogP contribution in [0.1, 0.15) is 42.1 Å². The third-order valence-corrected chi connectivity index (χ3v) is 13.5. The van der Waals surface area contributed by atoms with Crippen molar-refractivity contribution in [3.8, 4) is 45.0 Å². The molecule has 0 saturated heterocycles. The van der Waals surface area contributed by atoms with Gasteiger partial charge in [0, 0.05) is 49.5 Å². The number of furan rings is 1. The van der Waals surface area contributed by atoms with Gasteiger partial charge in [-0.15, -0.1) is 54.1 Å². The number of aryl methyl sites for hydroxylation is 2. The Labute approximate surface area is 384 Å². The quantitative estimate of drug-likeness (QED) is 0.112. The number of nitrogens with zero attached hydrogens (tertiary/aromatic N) is 5. The second-order valence-electron chi connectivity index (χ2n) is 17.3. The monoisotopic (exact) mass is 1020 g/mol. The van der Waals surface area contributed by atoms with E-state index in [0.29, 0.717) is 18.2 Å². The summed E-state index contributed by atoms with van der Waals surface area (Å²) in [6, 6.07) is 54.6. The van der Waals surface area contributed by atoms with E-state index >= 15 is 0 Å². The molecule has 5 heterocycles. The van der Waals surface area contributed by atoms with Crippen molar-refractivity contribution < 1.29 is 24.5 Å². The van der Waals surface area contributed by atoms with Crippen molar-refractivity contribution in [1.29, 1.82) is 0 Å². The molecule has 0 aliphatic heterocycles. The number of pyridine rings is 3. The molecule has 10 rings (SSSR count). The van der Waals surface area contributed by atoms with Crippen LogP contribution in [-0.4, -0.2) is 32.6 Å². The number of hydrogen-bond donors (Lipinski definition) is 0. The van der Waals surface area contributed by atoms with Crippen LogP contribution in [0.25, 0.3) is 78.1 Å². The molecule has 0 atom stereocenters. The molecule has 0 unspecified atom stereocenters. The van der Waals surface area contributed by atoms with Gasteiger partial charge in [-0.3, -0.25) is 9.97 Å². The number of benzene rings is 5. The standard InChI is InChI=1S/C35H29N4O.C20H20NSi.Ir/c1-21(2)29-18-30-31(19-36-29)39(20-24-12-6-5-7-13-24)34(37-30)27-15-9-14-25-26-16-17-28(38-35(26)40-33(25)27)32-22(3)10-8-11-23(32)4;1-22(2,3)20-15-21-19(17-12-8-5-9-13-17)14-18(20)16-10-6-4-7-11-16;/h5-14,16-19,21H,20H2,1-4H3;4-12,14-15H,1-3H3;/q2*-1;. The fourth-order valence-electron chi connectivity index (χ4n) is 8.23. The summed E-state index contributed by atoms with van der Waals surface area (Å²) >= 11 is 0. The average Bonchev–Trinajstić information content (AvgIpc) is 3.84. The van der Waals surface area contributed by atoms with Crippen LogP contribution in [-0.2, 0) is 26.7 Å². The molecule has 8 heteroatoms. The van der Waals surface area contributed by atoms with Crippen molar-refractivity contribution in [3.63, 3.8) is 0 Å². The normalized spacial score (nSPS) is 11.5. The average molecular weight is 1020 g/mol. The van der Waals surface area contributed by atoms with Gasteiger partial charge in [0.25, 0.3) is 0 Å². The third kappa shape index (κ3) is 8.85. The van der Waals surface area contributed by atoms with Crippen LogP contribution in [0.15, 0.2) is 156 Å². The van der Waals surface area contributed by atoms with E-state index in [1.165, 1.54) is 33.0 Å². The predicted molar refractivity (Wildman–Crippen MR) is 258 cm³/mol. The molecule has 6 nitrogen and oxygen atoms in total. The Morgan fingerprint density at radius 1 is 0.683 bits per heavy atom. The second-order valence-corrected chi connectivity index (χ2v) is 22.3. The van der Waals surface area contributed by atoms with Crippen LogP contribution in [0.2, 0.25) is 19.6 Å². The number of rotatable bonds is 8. The van der Waals surface area contributed by atoms with Gasteiger partial charge < -0.3 is 14.0 Å². The molecule has 0 aliphatic carbocycles. The number of fused-ring (bicyclic) bond motifs is 4. The Hall–Kier alpha value is -6.31. The van der Waals surface area contributed by atoms with E-state index in [9.17, 15) is 0 Å². The fraction of sp³-hybridized carbons (Fsp3) is 0.164. The van der Waals surface area contributed by atoms with Crippen LogP contribution >= 0.6 is 0 Å². The molecule has 0 saturated carbocycles. The van der Waals surface area contributed by atoms with Gasteiger partial charge in [0.2, 0.25) is 5.71 Å². The predicted octanol–water partition coefficient (Wildman–Crippen LogP) is 13.4. The zero-order valence-corrected chi connectivity index (χ0v) is 40.1. The molecule has 10 aromatic rings. The minimum Gasteiger partial charge on any atom is -0.486 e. The van der Waals surface area contributed by atoms with Crippen LogP contribution in [0.4, 0.5) is 0 Å². The molecule has 315 valence electrons. The Balaban J connectivity index is 0.000000201. The minimum atomic E-state index is -1.46. The van der Waals surface area contributed by atoms with E-state index < -0.39 is 8.07 Å². The number of aromatic nitrogens is 5. The maximum absolute atomic E-state index is 6.53. The van der Waals surface area contributed by atoms with E-state index in [4.69, 9.17) is 24.4 Å². The Morgan fingerprint density at radius 3 is 2.11 bits per heavy atom. The smallest absolute Gasteiger partial charge is 0.216 e. The summed E-state index contributed by atoms with van der Waals surface area (Å²) in [5.41, 5.74) is 15.3. The first-order valence-corrected chi connectivity index (χ1v) is 24.8. The summed E-state index contributed by atoms with van der Waals surface area (Å²) in [4.78, 5) is 19.6. The Morgan fingerprint density at radius 2 is 1.41 bits per heavy atom. The first-order valence-electron chi connectivity index (χ1n) is 21.3. The van der Waals surface area contributed by atoms with Crippen LogP contribution in [0.3, 0.4) is 0 Å². The summed E-state index contributed by atoms with van der Waals surface area (Å²) in [5.74, 6) is 1.12. The van der Waals surface area contributed by atoms with E-state index in [0.717, 1.165) is 67.0 Å². The van der Waals surface area contributed by atoms with Gasteiger partial charge in [-0.2, -0.15) is 0 Å². The van der Waals surface area contributed by atoms with Gasteiger partial charge in [0.15, 0.2) is 0 Å². The molecule has 0 fully saturated rings. The second kappa shape index (κ2) is 18.2. The molecule has 5 aromatic heterocycles. The number of imidazole rings is 1. The summed E-state index contributed by atoms with van der Waals surface area (Å²) < 4.78 is 8.75. The molecule has 0 spiro atoms. The SMILES string of the molecule is C[Si](C)(C)c1cnc(-c2[c-]cccc2)cc1-c1ccccc1.Cc1cccc(C)c1-c1ccc2c(n1)oc1c(-c3nc4cc(C(C)C)ncc4n3Cc3ccccc3)[c-]ccc12.[Ir]. The van der Waals surface area contributed by atoms with Gasteiger partial charge in [-0.1, -0.05) is 129 Å². The molecular formula is C55H49IrN5OSi-2. The molecule has 0 amide bonds. The Kier molecular flexibility index (Phi) is 12.5. The van der Waals surface area contributed by atoms with Crippen molar-refractivity contribution >= 4 is 46.4 Å². The van der Waals surface area contributed by atoms with Gasteiger partial charge in [-0.25, -0.2) is 4.98 Å². The Bertz CT molecular complexity index is 3170. The summed E-state index contributed by atoms with van der Waals surface area (Å²) in [6.45, 7) is 16.3. The van der Waals surface area contributed by atoms with Crippen molar-refractivity contribution in [2.24, 2.45) is 0 Å². The van der Waals surface area contributed by atoms with Crippen molar-refractivity contribution in [3.05, 3.63) is 186 Å². The molecule has 63 heavy (non-hydrogen) atoms. The van der Waals surface area contributed by atoms with Gasteiger partial charge >= 0.3 is 0 Å². The van der Waals surface area contributed by atoms with Gasteiger partial charge in [-0.05, 0) is 76.7 Å². The maximum atomic E-state index is 6.53. The van der Waals surface area contributed by atoms with E-state index in [1.54, 1.807) is 0 Å². The summed E-state index contributed by atoms with van der Waals surface area (Å²) in [6.07, 6.45) is 4.02. The zero-order chi connectivity index (χ0) is 43.0. The van der Waals surface area contributed by atoms with Crippen molar-refractivity contribution in [2.75, 3.05) is 0 Å². The zero-order valence-electron chi connectivity index (χ0n) is 36.7. The first-order chi connectivity index (χ1) is 30.0. The van der Waals surface area contributed by atoms with Crippen molar-refractivity contribution in [2.45, 2.75) is 59.8 Å². The molecule has 5 aromatic carbocycles. The molecular weight excluding hydrogens is 967 g/mol. The topological polar surface area (TPSA) is 69.6 Å². The molecule has 0 aliphatic rings. The summed E-state index contributed by atoms with van der Waals surface area (Å²) in [7, 11) is -1.46. The largest absolute Gasteiger partial charge is 0.486 e. The maximum Gasteiger partial charge on any atom is 0.216 e. The van der Waals surface area contributed by atoms with E-state index in [-0.39, 0.29) is 20.1 Å². The van der Waals surface area contributed by atoms with E-state index in [1.807, 2.05) is 42.6 Å². The molecule has 0 N–H and O–H groups in total. The minimum absolute atomic E-state index is 0. The van der Waals surface area contributed by atoms with E-state index in [2.05, 4.69) is 173 Å². The fourth-order valence-corrected chi connectivity index (χ4v) is 9.70. The molecule has 0 bridgehead atoms. The van der Waals surface area contributed by atoms with Gasteiger partial charge in [0.1, 0.15) is 0 Å².